The second-order valence-corrected chi connectivity index (χ2v) is 5.69. The minimum atomic E-state index is -0.0496. The maximum atomic E-state index is 9.75. The highest BCUT2D eigenvalue weighted by Crippen LogP contribution is 2.39. The Bertz CT molecular complexity index is 404. The molecule has 1 aliphatic heterocycles. The molecular formula is C15H21NO. The van der Waals surface area contributed by atoms with Gasteiger partial charge in [0.15, 0.2) is 0 Å². The van der Waals surface area contributed by atoms with Crippen LogP contribution in [0, 0.1) is 18.8 Å². The Morgan fingerprint density at radius 2 is 2.12 bits per heavy atom. The summed E-state index contributed by atoms with van der Waals surface area (Å²) < 4.78 is 0. The molecule has 1 aromatic rings. The smallest absolute Gasteiger partial charge is 0.0546 e. The molecule has 2 N–H and O–H groups in total. The zero-order chi connectivity index (χ0) is 11.8. The molecule has 2 heteroatoms. The molecule has 3 rings (SSSR count). The second kappa shape index (κ2) is 4.43. The third-order valence-corrected chi connectivity index (χ3v) is 4.58. The number of rotatable bonds is 2. The molecule has 0 radical (unpaired) electrons. The van der Waals surface area contributed by atoms with E-state index < -0.39 is 0 Å². The van der Waals surface area contributed by atoms with Crippen LogP contribution in [-0.2, 0) is 6.42 Å². The lowest BCUT2D eigenvalue weighted by Gasteiger charge is -2.19. The SMILES string of the molecule is Cc1ccccc1CC1NCC2CC(O)CC21. The summed E-state index contributed by atoms with van der Waals surface area (Å²) in [6.07, 6.45) is 3.06. The summed E-state index contributed by atoms with van der Waals surface area (Å²) in [6, 6.07) is 9.21. The van der Waals surface area contributed by atoms with Crippen LogP contribution >= 0.6 is 0 Å². The van der Waals surface area contributed by atoms with Crippen molar-refractivity contribution >= 4 is 0 Å². The van der Waals surface area contributed by atoms with Gasteiger partial charge in [0.2, 0.25) is 0 Å². The first-order chi connectivity index (χ1) is 8.24. The molecule has 2 nitrogen and oxygen atoms in total. The first-order valence-electron chi connectivity index (χ1n) is 6.70. The van der Waals surface area contributed by atoms with Crippen molar-refractivity contribution in [1.29, 1.82) is 0 Å². The topological polar surface area (TPSA) is 32.3 Å². The van der Waals surface area contributed by atoms with Gasteiger partial charge in [-0.25, -0.2) is 0 Å². The average molecular weight is 231 g/mol. The van der Waals surface area contributed by atoms with E-state index in [1.807, 2.05) is 0 Å². The van der Waals surface area contributed by atoms with E-state index in [0.717, 1.165) is 25.8 Å². The molecule has 4 unspecified atom stereocenters. The number of aryl methyl sites for hydroxylation is 1. The van der Waals surface area contributed by atoms with Crippen molar-refractivity contribution in [2.24, 2.45) is 11.8 Å². The molecule has 1 aromatic carbocycles. The van der Waals surface area contributed by atoms with Gasteiger partial charge in [0, 0.05) is 6.04 Å². The summed E-state index contributed by atoms with van der Waals surface area (Å²) in [7, 11) is 0. The molecule has 4 atom stereocenters. The largest absolute Gasteiger partial charge is 0.393 e. The molecule has 1 heterocycles. The fourth-order valence-electron chi connectivity index (χ4n) is 3.61. The summed E-state index contributed by atoms with van der Waals surface area (Å²) in [6.45, 7) is 3.28. The van der Waals surface area contributed by atoms with E-state index in [9.17, 15) is 5.11 Å². The normalized spacial score (nSPS) is 36.1. The molecule has 0 aromatic heterocycles. The molecular weight excluding hydrogens is 210 g/mol. The molecule has 1 saturated carbocycles. The summed E-state index contributed by atoms with van der Waals surface area (Å²) >= 11 is 0. The van der Waals surface area contributed by atoms with E-state index in [0.29, 0.717) is 17.9 Å². The highest BCUT2D eigenvalue weighted by atomic mass is 16.3. The van der Waals surface area contributed by atoms with Gasteiger partial charge in [0.1, 0.15) is 0 Å². The molecule has 0 bridgehead atoms. The van der Waals surface area contributed by atoms with Gasteiger partial charge < -0.3 is 10.4 Å². The first-order valence-corrected chi connectivity index (χ1v) is 6.70. The number of aliphatic hydroxyl groups excluding tert-OH is 1. The Balaban J connectivity index is 1.72. The maximum Gasteiger partial charge on any atom is 0.0546 e. The van der Waals surface area contributed by atoms with Crippen LogP contribution in [0.4, 0.5) is 0 Å². The van der Waals surface area contributed by atoms with Gasteiger partial charge >= 0.3 is 0 Å². The number of hydrogen-bond acceptors (Lipinski definition) is 2. The lowest BCUT2D eigenvalue weighted by molar-refractivity contribution is 0.169. The van der Waals surface area contributed by atoms with Crippen LogP contribution in [0.15, 0.2) is 24.3 Å². The van der Waals surface area contributed by atoms with Crippen LogP contribution in [0.1, 0.15) is 24.0 Å². The fraction of sp³-hybridized carbons (Fsp3) is 0.600. The fourth-order valence-corrected chi connectivity index (χ4v) is 3.61. The summed E-state index contributed by atoms with van der Waals surface area (Å²) in [5, 5.41) is 13.4. The van der Waals surface area contributed by atoms with Gasteiger partial charge in [-0.2, -0.15) is 0 Å². The third kappa shape index (κ3) is 2.12. The highest BCUT2D eigenvalue weighted by Gasteiger charge is 2.42. The quantitative estimate of drug-likeness (QED) is 0.815. The predicted octanol–water partition coefficient (Wildman–Crippen LogP) is 1.90. The second-order valence-electron chi connectivity index (χ2n) is 5.69. The zero-order valence-corrected chi connectivity index (χ0v) is 10.4. The van der Waals surface area contributed by atoms with Crippen LogP contribution in [-0.4, -0.2) is 23.8 Å². The van der Waals surface area contributed by atoms with Crippen molar-refractivity contribution in [2.75, 3.05) is 6.54 Å². The van der Waals surface area contributed by atoms with Crippen LogP contribution in [0.25, 0.3) is 0 Å². The van der Waals surface area contributed by atoms with Crippen LogP contribution in [0.2, 0.25) is 0 Å². The molecule has 17 heavy (non-hydrogen) atoms. The van der Waals surface area contributed by atoms with E-state index in [2.05, 4.69) is 36.5 Å². The molecule has 0 spiro atoms. The Kier molecular flexibility index (Phi) is 2.93. The van der Waals surface area contributed by atoms with E-state index >= 15 is 0 Å². The lowest BCUT2D eigenvalue weighted by Crippen LogP contribution is -2.30. The van der Waals surface area contributed by atoms with Crippen molar-refractivity contribution in [3.8, 4) is 0 Å². The van der Waals surface area contributed by atoms with E-state index in [4.69, 9.17) is 0 Å². The first kappa shape index (κ1) is 11.2. The number of fused-ring (bicyclic) bond motifs is 1. The minimum absolute atomic E-state index is 0.0496. The van der Waals surface area contributed by atoms with E-state index in [1.165, 1.54) is 11.1 Å². The molecule has 2 fully saturated rings. The number of hydrogen-bond donors (Lipinski definition) is 2. The standard InChI is InChI=1S/C15H21NO/c1-10-4-2-3-5-11(10)7-15-14-8-13(17)6-12(14)9-16-15/h2-5,12-17H,6-9H2,1H3. The van der Waals surface area contributed by atoms with Gasteiger partial charge in [-0.05, 0) is 55.7 Å². The Morgan fingerprint density at radius 3 is 2.94 bits per heavy atom. The van der Waals surface area contributed by atoms with Crippen LogP contribution in [0.5, 0.6) is 0 Å². The molecule has 0 amide bonds. The van der Waals surface area contributed by atoms with Gasteiger partial charge in [0.05, 0.1) is 6.10 Å². The van der Waals surface area contributed by atoms with Gasteiger partial charge in [-0.3, -0.25) is 0 Å². The van der Waals surface area contributed by atoms with Crippen LogP contribution in [0.3, 0.4) is 0 Å². The molecule has 1 saturated heterocycles. The van der Waals surface area contributed by atoms with Gasteiger partial charge in [0.25, 0.3) is 0 Å². The summed E-state index contributed by atoms with van der Waals surface area (Å²) in [4.78, 5) is 0. The number of nitrogens with one attached hydrogen (secondary N) is 1. The van der Waals surface area contributed by atoms with Gasteiger partial charge in [-0.1, -0.05) is 24.3 Å². The number of aliphatic hydroxyl groups is 1. The highest BCUT2D eigenvalue weighted by molar-refractivity contribution is 5.27. The maximum absolute atomic E-state index is 9.75. The van der Waals surface area contributed by atoms with Crippen molar-refractivity contribution in [3.05, 3.63) is 35.4 Å². The van der Waals surface area contributed by atoms with Gasteiger partial charge in [-0.15, -0.1) is 0 Å². The molecule has 92 valence electrons. The van der Waals surface area contributed by atoms with Crippen LogP contribution < -0.4 is 5.32 Å². The Hall–Kier alpha value is -0.860. The monoisotopic (exact) mass is 231 g/mol. The van der Waals surface area contributed by atoms with Crippen molar-refractivity contribution in [2.45, 2.75) is 38.3 Å². The van der Waals surface area contributed by atoms with Crippen molar-refractivity contribution < 1.29 is 5.11 Å². The number of benzene rings is 1. The predicted molar refractivity (Wildman–Crippen MR) is 68.9 cm³/mol. The third-order valence-electron chi connectivity index (χ3n) is 4.58. The molecule has 1 aliphatic carbocycles. The molecule has 2 aliphatic rings. The summed E-state index contributed by atoms with van der Waals surface area (Å²) in [5.41, 5.74) is 2.84. The Morgan fingerprint density at radius 1 is 1.29 bits per heavy atom. The van der Waals surface area contributed by atoms with E-state index in [-0.39, 0.29) is 6.10 Å². The van der Waals surface area contributed by atoms with Crippen molar-refractivity contribution in [1.82, 2.24) is 5.32 Å². The Labute approximate surface area is 103 Å². The lowest BCUT2D eigenvalue weighted by atomic mass is 9.89. The minimum Gasteiger partial charge on any atom is -0.393 e. The van der Waals surface area contributed by atoms with E-state index in [1.54, 1.807) is 0 Å². The summed E-state index contributed by atoms with van der Waals surface area (Å²) in [5.74, 6) is 1.39. The van der Waals surface area contributed by atoms with Crippen molar-refractivity contribution in [3.63, 3.8) is 0 Å². The zero-order valence-electron chi connectivity index (χ0n) is 10.4. The average Bonchev–Trinajstić information content (AvgIpc) is 2.82.